The van der Waals surface area contributed by atoms with Crippen LogP contribution in [0.1, 0.15) is 12.0 Å². The van der Waals surface area contributed by atoms with E-state index in [-0.39, 0.29) is 18.2 Å². The molecular formula is C17H15ClN2O2. The molecule has 22 heavy (non-hydrogen) atoms. The van der Waals surface area contributed by atoms with Gasteiger partial charge >= 0.3 is 0 Å². The Morgan fingerprint density at radius 3 is 2.32 bits per heavy atom. The van der Waals surface area contributed by atoms with Gasteiger partial charge in [0.25, 0.3) is 5.91 Å². The third kappa shape index (κ3) is 2.83. The number of aryl methyl sites for hydroxylation is 1. The summed E-state index contributed by atoms with van der Waals surface area (Å²) in [6, 6.07) is 13.9. The molecule has 0 aromatic heterocycles. The highest BCUT2D eigenvalue weighted by atomic mass is 35.5. The number of carbonyl (C=O) groups excluding carboxylic acids is 2. The molecule has 1 heterocycles. The van der Waals surface area contributed by atoms with Crippen LogP contribution < -0.4 is 10.2 Å². The first-order chi connectivity index (χ1) is 10.5. The van der Waals surface area contributed by atoms with E-state index in [2.05, 4.69) is 5.32 Å². The van der Waals surface area contributed by atoms with Crippen LogP contribution in [0, 0.1) is 6.92 Å². The molecule has 112 valence electrons. The molecule has 1 atom stereocenters. The van der Waals surface area contributed by atoms with Gasteiger partial charge in [0.15, 0.2) is 0 Å². The van der Waals surface area contributed by atoms with E-state index in [1.807, 2.05) is 31.2 Å². The highest BCUT2D eigenvalue weighted by Crippen LogP contribution is 2.26. The molecule has 1 aliphatic heterocycles. The summed E-state index contributed by atoms with van der Waals surface area (Å²) in [5, 5.41) is 3.69. The minimum Gasteiger partial charge on any atom is -0.373 e. The average molecular weight is 315 g/mol. The summed E-state index contributed by atoms with van der Waals surface area (Å²) in [5.41, 5.74) is 2.52. The fourth-order valence-electron chi connectivity index (χ4n) is 2.46. The van der Waals surface area contributed by atoms with Crippen LogP contribution in [-0.2, 0) is 9.59 Å². The van der Waals surface area contributed by atoms with Gasteiger partial charge in [-0.1, -0.05) is 29.3 Å². The number of benzene rings is 2. The van der Waals surface area contributed by atoms with Crippen molar-refractivity contribution < 1.29 is 9.59 Å². The Bertz CT molecular complexity index is 710. The summed E-state index contributed by atoms with van der Waals surface area (Å²) < 4.78 is 0. The molecule has 0 spiro atoms. The van der Waals surface area contributed by atoms with Crippen LogP contribution >= 0.6 is 11.6 Å². The van der Waals surface area contributed by atoms with Crippen molar-refractivity contribution in [1.82, 2.24) is 0 Å². The Hall–Kier alpha value is -2.33. The SMILES string of the molecule is Cc1ccc(NC2CC(=O)N(c3ccc(Cl)cc3)C2=O)cc1. The fourth-order valence-corrected chi connectivity index (χ4v) is 2.58. The second kappa shape index (κ2) is 5.81. The highest BCUT2D eigenvalue weighted by molar-refractivity contribution is 6.30. The molecule has 0 radical (unpaired) electrons. The van der Waals surface area contributed by atoms with E-state index in [0.717, 1.165) is 11.3 Å². The third-order valence-electron chi connectivity index (χ3n) is 3.62. The normalized spacial score (nSPS) is 17.9. The molecule has 4 nitrogen and oxygen atoms in total. The van der Waals surface area contributed by atoms with Crippen molar-refractivity contribution in [2.45, 2.75) is 19.4 Å². The number of nitrogens with one attached hydrogen (secondary N) is 1. The molecule has 1 saturated heterocycles. The van der Waals surface area contributed by atoms with E-state index >= 15 is 0 Å². The van der Waals surface area contributed by atoms with Crippen LogP contribution in [0.3, 0.4) is 0 Å². The van der Waals surface area contributed by atoms with Gasteiger partial charge < -0.3 is 5.32 Å². The first kappa shape index (κ1) is 14.6. The number of imide groups is 1. The van der Waals surface area contributed by atoms with Gasteiger partial charge in [-0.15, -0.1) is 0 Å². The quantitative estimate of drug-likeness (QED) is 0.883. The van der Waals surface area contributed by atoms with Gasteiger partial charge in [0.2, 0.25) is 5.91 Å². The summed E-state index contributed by atoms with van der Waals surface area (Å²) in [6.45, 7) is 2.00. The largest absolute Gasteiger partial charge is 0.373 e. The van der Waals surface area contributed by atoms with Crippen LogP contribution in [0.5, 0.6) is 0 Å². The van der Waals surface area contributed by atoms with Crippen molar-refractivity contribution in [3.63, 3.8) is 0 Å². The van der Waals surface area contributed by atoms with Gasteiger partial charge in [0.05, 0.1) is 12.1 Å². The fraction of sp³-hybridized carbons (Fsp3) is 0.176. The minimum atomic E-state index is -0.536. The van der Waals surface area contributed by atoms with Crippen molar-refractivity contribution in [1.29, 1.82) is 0 Å². The summed E-state index contributed by atoms with van der Waals surface area (Å²) in [5.74, 6) is -0.454. The first-order valence-corrected chi connectivity index (χ1v) is 7.38. The zero-order valence-electron chi connectivity index (χ0n) is 12.0. The topological polar surface area (TPSA) is 49.4 Å². The van der Waals surface area contributed by atoms with Crippen molar-refractivity contribution in [3.8, 4) is 0 Å². The molecule has 1 fully saturated rings. The maximum Gasteiger partial charge on any atom is 0.256 e. The van der Waals surface area contributed by atoms with Crippen molar-refractivity contribution in [3.05, 3.63) is 59.1 Å². The molecule has 3 rings (SSSR count). The zero-order valence-corrected chi connectivity index (χ0v) is 12.8. The van der Waals surface area contributed by atoms with Crippen LogP contribution in [-0.4, -0.2) is 17.9 Å². The van der Waals surface area contributed by atoms with Crippen molar-refractivity contribution >= 4 is 34.8 Å². The maximum absolute atomic E-state index is 12.5. The highest BCUT2D eigenvalue weighted by Gasteiger charge is 2.39. The molecule has 2 aromatic carbocycles. The first-order valence-electron chi connectivity index (χ1n) is 7.00. The number of rotatable bonds is 3. The number of hydrogen-bond donors (Lipinski definition) is 1. The number of amides is 2. The number of carbonyl (C=O) groups is 2. The van der Waals surface area contributed by atoms with Gasteiger partial charge in [-0.25, -0.2) is 4.90 Å². The molecule has 0 aliphatic carbocycles. The number of anilines is 2. The Morgan fingerprint density at radius 1 is 1.05 bits per heavy atom. The summed E-state index contributed by atoms with van der Waals surface area (Å²) in [4.78, 5) is 25.8. The van der Waals surface area contributed by atoms with E-state index < -0.39 is 6.04 Å². The molecule has 2 aromatic rings. The molecule has 0 saturated carbocycles. The van der Waals surface area contributed by atoms with Crippen LogP contribution in [0.4, 0.5) is 11.4 Å². The molecule has 1 aliphatic rings. The Labute approximate surface area is 133 Å². The van der Waals surface area contributed by atoms with E-state index in [1.54, 1.807) is 24.3 Å². The molecule has 1 N–H and O–H groups in total. The zero-order chi connectivity index (χ0) is 15.7. The Balaban J connectivity index is 1.79. The van der Waals surface area contributed by atoms with Gasteiger partial charge in [0, 0.05) is 10.7 Å². The van der Waals surface area contributed by atoms with Gasteiger partial charge in [-0.2, -0.15) is 0 Å². The molecule has 0 bridgehead atoms. The number of halogens is 1. The van der Waals surface area contributed by atoms with Crippen LogP contribution in [0.2, 0.25) is 5.02 Å². The minimum absolute atomic E-state index is 0.148. The van der Waals surface area contributed by atoms with Crippen molar-refractivity contribution in [2.24, 2.45) is 0 Å². The molecular weight excluding hydrogens is 300 g/mol. The summed E-state index contributed by atoms with van der Waals surface area (Å²) >= 11 is 5.84. The monoisotopic (exact) mass is 314 g/mol. The van der Waals surface area contributed by atoms with Crippen LogP contribution in [0.15, 0.2) is 48.5 Å². The van der Waals surface area contributed by atoms with Gasteiger partial charge in [-0.3, -0.25) is 9.59 Å². The van der Waals surface area contributed by atoms with Crippen molar-refractivity contribution in [2.75, 3.05) is 10.2 Å². The average Bonchev–Trinajstić information content (AvgIpc) is 2.77. The number of nitrogens with zero attached hydrogens (tertiary/aromatic N) is 1. The maximum atomic E-state index is 12.5. The van der Waals surface area contributed by atoms with E-state index in [0.29, 0.717) is 10.7 Å². The van der Waals surface area contributed by atoms with E-state index in [4.69, 9.17) is 11.6 Å². The van der Waals surface area contributed by atoms with Gasteiger partial charge in [0.1, 0.15) is 6.04 Å². The lowest BCUT2D eigenvalue weighted by Gasteiger charge is -2.16. The van der Waals surface area contributed by atoms with E-state index in [1.165, 1.54) is 4.90 Å². The standard InChI is InChI=1S/C17H15ClN2O2/c1-11-2-6-13(7-3-11)19-15-10-16(21)20(17(15)22)14-8-4-12(18)5-9-14/h2-9,15,19H,10H2,1H3. The third-order valence-corrected chi connectivity index (χ3v) is 3.88. The summed E-state index contributed by atoms with van der Waals surface area (Å²) in [7, 11) is 0. The van der Waals surface area contributed by atoms with Crippen LogP contribution in [0.25, 0.3) is 0 Å². The lowest BCUT2D eigenvalue weighted by Crippen LogP contribution is -2.34. The second-order valence-electron chi connectivity index (χ2n) is 5.31. The Kier molecular flexibility index (Phi) is 3.86. The van der Waals surface area contributed by atoms with E-state index in [9.17, 15) is 9.59 Å². The second-order valence-corrected chi connectivity index (χ2v) is 5.75. The molecule has 2 amide bonds. The smallest absolute Gasteiger partial charge is 0.256 e. The summed E-state index contributed by atoms with van der Waals surface area (Å²) in [6.07, 6.45) is 0.148. The predicted octanol–water partition coefficient (Wildman–Crippen LogP) is 3.39. The number of hydrogen-bond acceptors (Lipinski definition) is 3. The lowest BCUT2D eigenvalue weighted by atomic mass is 10.2. The Morgan fingerprint density at radius 2 is 1.68 bits per heavy atom. The molecule has 5 heteroatoms. The van der Waals surface area contributed by atoms with Gasteiger partial charge in [-0.05, 0) is 43.3 Å². The predicted molar refractivity (Wildman–Crippen MR) is 87.2 cm³/mol. The molecule has 1 unspecified atom stereocenters. The lowest BCUT2D eigenvalue weighted by molar-refractivity contribution is -0.121.